The van der Waals surface area contributed by atoms with Crippen LogP contribution in [0.15, 0.2) is 0 Å². The molecule has 0 aromatic heterocycles. The van der Waals surface area contributed by atoms with Crippen LogP contribution in [-0.2, 0) is 19.1 Å². The molecule has 0 aliphatic carbocycles. The van der Waals surface area contributed by atoms with Crippen molar-refractivity contribution in [2.24, 2.45) is 5.92 Å². The standard InChI is InChI=1S/C12H20O4/c1-3-5-9(6-4-2)12(14)16-10-7-11(13)15-8-10/h9-10H,3-8H2,1-2H3. The molecule has 1 rings (SSSR count). The lowest BCUT2D eigenvalue weighted by Crippen LogP contribution is -2.24. The summed E-state index contributed by atoms with van der Waals surface area (Å²) in [5.41, 5.74) is 0. The van der Waals surface area contributed by atoms with Crippen LogP contribution in [0.1, 0.15) is 46.0 Å². The van der Waals surface area contributed by atoms with Crippen molar-refractivity contribution in [2.75, 3.05) is 6.61 Å². The molecule has 1 aliphatic heterocycles. The number of hydrogen-bond donors (Lipinski definition) is 0. The Bertz CT molecular complexity index is 243. The van der Waals surface area contributed by atoms with Gasteiger partial charge in [0.25, 0.3) is 0 Å². The van der Waals surface area contributed by atoms with Gasteiger partial charge in [0.2, 0.25) is 0 Å². The monoisotopic (exact) mass is 228 g/mol. The lowest BCUT2D eigenvalue weighted by molar-refractivity contribution is -0.154. The van der Waals surface area contributed by atoms with E-state index >= 15 is 0 Å². The molecule has 1 atom stereocenters. The summed E-state index contributed by atoms with van der Waals surface area (Å²) in [4.78, 5) is 22.6. The highest BCUT2D eigenvalue weighted by molar-refractivity contribution is 5.75. The zero-order valence-electron chi connectivity index (χ0n) is 10.0. The van der Waals surface area contributed by atoms with E-state index in [1.807, 2.05) is 0 Å². The SMILES string of the molecule is CCCC(CCC)C(=O)OC1COC(=O)C1. The summed E-state index contributed by atoms with van der Waals surface area (Å²) >= 11 is 0. The molecule has 0 N–H and O–H groups in total. The average molecular weight is 228 g/mol. The lowest BCUT2D eigenvalue weighted by atomic mass is 9.98. The van der Waals surface area contributed by atoms with Gasteiger partial charge in [-0.15, -0.1) is 0 Å². The van der Waals surface area contributed by atoms with E-state index in [4.69, 9.17) is 9.47 Å². The molecule has 92 valence electrons. The fourth-order valence-electron chi connectivity index (χ4n) is 1.90. The van der Waals surface area contributed by atoms with Crippen LogP contribution < -0.4 is 0 Å². The van der Waals surface area contributed by atoms with Crippen LogP contribution >= 0.6 is 0 Å². The van der Waals surface area contributed by atoms with E-state index in [9.17, 15) is 9.59 Å². The number of hydrogen-bond acceptors (Lipinski definition) is 4. The molecule has 0 bridgehead atoms. The van der Waals surface area contributed by atoms with Crippen LogP contribution in [0.2, 0.25) is 0 Å². The molecule has 0 spiro atoms. The molecule has 4 heteroatoms. The molecule has 0 radical (unpaired) electrons. The first kappa shape index (κ1) is 13.0. The van der Waals surface area contributed by atoms with Crippen molar-refractivity contribution >= 4 is 11.9 Å². The van der Waals surface area contributed by atoms with E-state index in [1.54, 1.807) is 0 Å². The summed E-state index contributed by atoms with van der Waals surface area (Å²) in [7, 11) is 0. The van der Waals surface area contributed by atoms with Crippen LogP contribution in [0, 0.1) is 5.92 Å². The van der Waals surface area contributed by atoms with Crippen molar-refractivity contribution in [1.29, 1.82) is 0 Å². The Hall–Kier alpha value is -1.06. The number of rotatable bonds is 6. The van der Waals surface area contributed by atoms with E-state index in [0.29, 0.717) is 0 Å². The quantitative estimate of drug-likeness (QED) is 0.653. The Labute approximate surface area is 96.3 Å². The highest BCUT2D eigenvalue weighted by atomic mass is 16.6. The molecule has 1 unspecified atom stereocenters. The largest absolute Gasteiger partial charge is 0.462 e. The van der Waals surface area contributed by atoms with Crippen molar-refractivity contribution in [3.05, 3.63) is 0 Å². The van der Waals surface area contributed by atoms with Gasteiger partial charge < -0.3 is 9.47 Å². The van der Waals surface area contributed by atoms with Gasteiger partial charge in [-0.3, -0.25) is 9.59 Å². The highest BCUT2D eigenvalue weighted by Gasteiger charge is 2.29. The third-order valence-electron chi connectivity index (χ3n) is 2.71. The third kappa shape index (κ3) is 3.83. The zero-order valence-corrected chi connectivity index (χ0v) is 10.0. The van der Waals surface area contributed by atoms with E-state index in [0.717, 1.165) is 25.7 Å². The number of carbonyl (C=O) groups is 2. The topological polar surface area (TPSA) is 52.6 Å². The molecular formula is C12H20O4. The van der Waals surface area contributed by atoms with E-state index in [-0.39, 0.29) is 37.0 Å². The maximum absolute atomic E-state index is 11.8. The minimum absolute atomic E-state index is 0.0225. The van der Waals surface area contributed by atoms with E-state index in [2.05, 4.69) is 13.8 Å². The van der Waals surface area contributed by atoms with Crippen molar-refractivity contribution in [2.45, 2.75) is 52.1 Å². The molecule has 1 saturated heterocycles. The number of carbonyl (C=O) groups excluding carboxylic acids is 2. The normalized spacial score (nSPS) is 19.9. The Morgan fingerprint density at radius 2 is 2.06 bits per heavy atom. The van der Waals surface area contributed by atoms with Gasteiger partial charge in [-0.2, -0.15) is 0 Å². The van der Waals surface area contributed by atoms with Crippen molar-refractivity contribution in [1.82, 2.24) is 0 Å². The van der Waals surface area contributed by atoms with Gasteiger partial charge in [-0.05, 0) is 12.8 Å². The van der Waals surface area contributed by atoms with Gasteiger partial charge in [0, 0.05) is 0 Å². The molecule has 0 saturated carbocycles. The molecule has 0 amide bonds. The zero-order chi connectivity index (χ0) is 12.0. The molecule has 4 nitrogen and oxygen atoms in total. The predicted molar refractivity (Wildman–Crippen MR) is 58.8 cm³/mol. The van der Waals surface area contributed by atoms with Crippen LogP contribution in [0.4, 0.5) is 0 Å². The number of esters is 2. The third-order valence-corrected chi connectivity index (χ3v) is 2.71. The van der Waals surface area contributed by atoms with Gasteiger partial charge in [-0.1, -0.05) is 26.7 Å². The van der Waals surface area contributed by atoms with Crippen LogP contribution in [0.3, 0.4) is 0 Å². The first-order valence-corrected chi connectivity index (χ1v) is 6.03. The first-order chi connectivity index (χ1) is 7.67. The summed E-state index contributed by atoms with van der Waals surface area (Å²) in [5.74, 6) is -0.474. The first-order valence-electron chi connectivity index (χ1n) is 6.03. The molecular weight excluding hydrogens is 208 g/mol. The van der Waals surface area contributed by atoms with Gasteiger partial charge in [0.1, 0.15) is 12.7 Å². The minimum atomic E-state index is -0.365. The molecule has 1 fully saturated rings. The second-order valence-electron chi connectivity index (χ2n) is 4.22. The Morgan fingerprint density at radius 1 is 1.44 bits per heavy atom. The van der Waals surface area contributed by atoms with E-state index in [1.165, 1.54) is 0 Å². The van der Waals surface area contributed by atoms with Crippen molar-refractivity contribution in [3.8, 4) is 0 Å². The van der Waals surface area contributed by atoms with Crippen LogP contribution in [0.25, 0.3) is 0 Å². The number of ether oxygens (including phenoxy) is 2. The highest BCUT2D eigenvalue weighted by Crippen LogP contribution is 2.18. The second kappa shape index (κ2) is 6.51. The molecule has 0 aromatic rings. The average Bonchev–Trinajstić information content (AvgIpc) is 2.63. The molecule has 1 aliphatic rings. The van der Waals surface area contributed by atoms with E-state index < -0.39 is 0 Å². The molecule has 16 heavy (non-hydrogen) atoms. The Balaban J connectivity index is 2.38. The van der Waals surface area contributed by atoms with Gasteiger partial charge in [0.15, 0.2) is 0 Å². The minimum Gasteiger partial charge on any atom is -0.462 e. The van der Waals surface area contributed by atoms with Crippen molar-refractivity contribution in [3.63, 3.8) is 0 Å². The lowest BCUT2D eigenvalue weighted by Gasteiger charge is -2.16. The summed E-state index contributed by atoms with van der Waals surface area (Å²) in [6.45, 7) is 4.33. The fourth-order valence-corrected chi connectivity index (χ4v) is 1.90. The molecule has 1 heterocycles. The second-order valence-corrected chi connectivity index (χ2v) is 4.22. The summed E-state index contributed by atoms with van der Waals surface area (Å²) in [6, 6.07) is 0. The Kier molecular flexibility index (Phi) is 5.29. The number of cyclic esters (lactones) is 1. The summed E-state index contributed by atoms with van der Waals surface area (Å²) in [6.07, 6.45) is 3.50. The fraction of sp³-hybridized carbons (Fsp3) is 0.833. The van der Waals surface area contributed by atoms with Gasteiger partial charge in [0.05, 0.1) is 12.3 Å². The predicted octanol–water partition coefficient (Wildman–Crippen LogP) is 2.06. The van der Waals surface area contributed by atoms with Gasteiger partial charge in [-0.25, -0.2) is 0 Å². The summed E-state index contributed by atoms with van der Waals surface area (Å²) in [5, 5.41) is 0. The Morgan fingerprint density at radius 3 is 2.50 bits per heavy atom. The van der Waals surface area contributed by atoms with Crippen LogP contribution in [-0.4, -0.2) is 24.6 Å². The maximum atomic E-state index is 11.8. The summed E-state index contributed by atoms with van der Waals surface area (Å²) < 4.78 is 10.0. The molecule has 0 aromatic carbocycles. The van der Waals surface area contributed by atoms with Crippen LogP contribution in [0.5, 0.6) is 0 Å². The maximum Gasteiger partial charge on any atom is 0.309 e. The van der Waals surface area contributed by atoms with Gasteiger partial charge >= 0.3 is 11.9 Å². The van der Waals surface area contributed by atoms with Crippen molar-refractivity contribution < 1.29 is 19.1 Å². The smallest absolute Gasteiger partial charge is 0.309 e.